The lowest BCUT2D eigenvalue weighted by molar-refractivity contribution is -0.0566. The molecule has 35 heavy (non-hydrogen) atoms. The van der Waals surface area contributed by atoms with Crippen LogP contribution < -0.4 is 20.7 Å². The summed E-state index contributed by atoms with van der Waals surface area (Å²) in [5.41, 5.74) is 2.01. The molecule has 0 radical (unpaired) electrons. The Bertz CT molecular complexity index is 1320. The zero-order valence-corrected chi connectivity index (χ0v) is 20.6. The summed E-state index contributed by atoms with van der Waals surface area (Å²) in [6, 6.07) is 18.4. The molecule has 0 bridgehead atoms. The minimum Gasteiger partial charge on any atom is -0.485 e. The minimum absolute atomic E-state index is 0.157. The van der Waals surface area contributed by atoms with Crippen LogP contribution in [0.4, 0.5) is 5.69 Å². The molecule has 4 rings (SSSR count). The molecule has 3 aromatic carbocycles. The van der Waals surface area contributed by atoms with Crippen molar-refractivity contribution in [2.24, 2.45) is 4.99 Å². The van der Waals surface area contributed by atoms with Gasteiger partial charge in [-0.3, -0.25) is 5.32 Å². The van der Waals surface area contributed by atoms with Gasteiger partial charge in [0.15, 0.2) is 6.19 Å². The average Bonchev–Trinajstić information content (AvgIpc) is 2.83. The van der Waals surface area contributed by atoms with Crippen LogP contribution in [0.25, 0.3) is 11.1 Å². The Morgan fingerprint density at radius 2 is 1.77 bits per heavy atom. The van der Waals surface area contributed by atoms with Crippen LogP contribution in [0.3, 0.4) is 0 Å². The van der Waals surface area contributed by atoms with Crippen LogP contribution in [0, 0.1) is 11.5 Å². The predicted octanol–water partition coefficient (Wildman–Crippen LogP) is 4.48. The number of nitriles is 1. The summed E-state index contributed by atoms with van der Waals surface area (Å²) in [5.74, 6) is 0.722. The number of hydrogen-bond acceptors (Lipinski definition) is 5. The normalized spacial score (nSPS) is 19.1. The predicted molar refractivity (Wildman–Crippen MR) is 136 cm³/mol. The van der Waals surface area contributed by atoms with Crippen LogP contribution in [-0.4, -0.2) is 27.7 Å². The second kappa shape index (κ2) is 10.0. The molecule has 1 aliphatic rings. The Hall–Kier alpha value is -3.47. The molecule has 8 nitrogen and oxygen atoms in total. The van der Waals surface area contributed by atoms with Crippen LogP contribution in [0.5, 0.6) is 5.75 Å². The van der Waals surface area contributed by atoms with Gasteiger partial charge in [0, 0.05) is 16.3 Å². The van der Waals surface area contributed by atoms with Crippen molar-refractivity contribution in [1.29, 1.82) is 5.26 Å². The molecule has 1 aliphatic heterocycles. The molecular weight excluding hydrogens is 487 g/mol. The number of anilines is 1. The molecule has 0 aliphatic carbocycles. The van der Waals surface area contributed by atoms with Crippen molar-refractivity contribution < 1.29 is 19.3 Å². The number of nitrogens with one attached hydrogen (secondary N) is 2. The first-order chi connectivity index (χ1) is 16.7. The van der Waals surface area contributed by atoms with Gasteiger partial charge >= 0.3 is 8.03 Å². The van der Waals surface area contributed by atoms with Crippen molar-refractivity contribution in [1.82, 2.24) is 5.32 Å². The molecule has 3 aromatic rings. The number of benzene rings is 3. The Labute approximate surface area is 208 Å². The molecule has 0 saturated heterocycles. The molecule has 0 spiro atoms. The SMILES string of the molecule is CC1(C)Oc2ccc(-c3ccc([P+](=O)O)cc3)cc2C(N=C(NC#N)Nc2ccc(Cl)cc2)[C@@H]1O. The largest absolute Gasteiger partial charge is 0.546 e. The second-order valence-corrected chi connectivity index (χ2v) is 10.0. The highest BCUT2D eigenvalue weighted by Crippen LogP contribution is 2.43. The van der Waals surface area contributed by atoms with Crippen LogP contribution in [0.2, 0.25) is 5.02 Å². The van der Waals surface area contributed by atoms with E-state index >= 15 is 0 Å². The molecule has 2 unspecified atom stereocenters. The van der Waals surface area contributed by atoms with Gasteiger partial charge in [-0.05, 0) is 90.2 Å². The van der Waals surface area contributed by atoms with Crippen molar-refractivity contribution in [3.63, 3.8) is 0 Å². The van der Waals surface area contributed by atoms with Crippen molar-refractivity contribution in [3.05, 3.63) is 77.3 Å². The number of nitrogens with zero attached hydrogens (tertiary/aromatic N) is 2. The van der Waals surface area contributed by atoms with E-state index in [1.165, 1.54) is 0 Å². The minimum atomic E-state index is -2.41. The van der Waals surface area contributed by atoms with E-state index in [2.05, 4.69) is 15.6 Å². The topological polar surface area (TPSA) is 127 Å². The number of aliphatic hydroxyl groups is 1. The Morgan fingerprint density at radius 3 is 2.40 bits per heavy atom. The highest BCUT2D eigenvalue weighted by atomic mass is 35.5. The van der Waals surface area contributed by atoms with Crippen LogP contribution in [0.1, 0.15) is 25.5 Å². The quantitative estimate of drug-likeness (QED) is 0.134. The lowest BCUT2D eigenvalue weighted by Gasteiger charge is -2.40. The first-order valence-electron chi connectivity index (χ1n) is 10.7. The Morgan fingerprint density at radius 1 is 1.11 bits per heavy atom. The zero-order valence-electron chi connectivity index (χ0n) is 18.9. The number of aliphatic hydroxyl groups excluding tert-OH is 1. The summed E-state index contributed by atoms with van der Waals surface area (Å²) < 4.78 is 17.4. The maximum atomic E-state index is 11.3. The summed E-state index contributed by atoms with van der Waals surface area (Å²) >= 11 is 5.96. The lowest BCUT2D eigenvalue weighted by Crippen LogP contribution is -2.49. The fraction of sp³-hybridized carbons (Fsp3) is 0.200. The smallest absolute Gasteiger partial charge is 0.485 e. The van der Waals surface area contributed by atoms with Gasteiger partial charge in [0.2, 0.25) is 11.3 Å². The van der Waals surface area contributed by atoms with E-state index in [4.69, 9.17) is 16.3 Å². The van der Waals surface area contributed by atoms with E-state index in [1.54, 1.807) is 62.4 Å². The van der Waals surface area contributed by atoms with E-state index in [9.17, 15) is 19.8 Å². The van der Waals surface area contributed by atoms with E-state index in [0.29, 0.717) is 27.3 Å². The third-order valence-electron chi connectivity index (χ3n) is 5.68. The second-order valence-electron chi connectivity index (χ2n) is 8.51. The standard InChI is InChI=1S/C25H22ClN4O4P/c1-25(2)23(31)22(30-24(28-14-27)29-18-8-6-17(26)7-9-18)20-13-16(5-12-21(20)34-25)15-3-10-19(11-4-15)35(32)33/h3-13,22-23,31H,1-2H3,(H2-,28,29,30,32,33)/p+1/t22?,23-/m0/s1. The summed E-state index contributed by atoms with van der Waals surface area (Å²) in [4.78, 5) is 14.0. The summed E-state index contributed by atoms with van der Waals surface area (Å²) in [5, 5.41) is 27.0. The lowest BCUT2D eigenvalue weighted by atomic mass is 9.85. The first-order valence-corrected chi connectivity index (χ1v) is 12.3. The van der Waals surface area contributed by atoms with Gasteiger partial charge in [0.1, 0.15) is 23.5 Å². The molecule has 0 aromatic heterocycles. The molecule has 0 fully saturated rings. The molecule has 0 amide bonds. The summed E-state index contributed by atoms with van der Waals surface area (Å²) in [6.07, 6.45) is 0.854. The van der Waals surface area contributed by atoms with Crippen LogP contribution in [-0.2, 0) is 4.57 Å². The number of hydrogen-bond donors (Lipinski definition) is 4. The van der Waals surface area contributed by atoms with E-state index in [-0.39, 0.29) is 5.96 Å². The fourth-order valence-electron chi connectivity index (χ4n) is 3.83. The fourth-order valence-corrected chi connectivity index (χ4v) is 4.36. The van der Waals surface area contributed by atoms with Gasteiger partial charge in [-0.25, -0.2) is 4.99 Å². The molecule has 10 heteroatoms. The Kier molecular flexibility index (Phi) is 7.06. The number of rotatable bonds is 4. The molecule has 4 N–H and O–H groups in total. The highest BCUT2D eigenvalue weighted by molar-refractivity contribution is 7.47. The van der Waals surface area contributed by atoms with Crippen molar-refractivity contribution in [2.45, 2.75) is 31.6 Å². The van der Waals surface area contributed by atoms with Gasteiger partial charge in [0.25, 0.3) is 0 Å². The van der Waals surface area contributed by atoms with Crippen molar-refractivity contribution >= 4 is 36.6 Å². The first kappa shape index (κ1) is 24.6. The molecule has 3 atom stereocenters. The summed E-state index contributed by atoms with van der Waals surface area (Å²) in [6.45, 7) is 3.55. The van der Waals surface area contributed by atoms with Crippen LogP contribution >= 0.6 is 19.6 Å². The number of aliphatic imine (C=N–C) groups is 1. The van der Waals surface area contributed by atoms with Crippen molar-refractivity contribution in [2.75, 3.05) is 5.32 Å². The molecular formula is C25H23ClN4O4P+. The van der Waals surface area contributed by atoms with E-state index in [1.807, 2.05) is 24.4 Å². The monoisotopic (exact) mass is 509 g/mol. The number of ether oxygens (including phenoxy) is 1. The van der Waals surface area contributed by atoms with Crippen LogP contribution in [0.15, 0.2) is 71.7 Å². The maximum absolute atomic E-state index is 11.3. The van der Waals surface area contributed by atoms with Crippen molar-refractivity contribution in [3.8, 4) is 23.1 Å². The molecule has 178 valence electrons. The third-order valence-corrected chi connectivity index (χ3v) is 6.68. The van der Waals surface area contributed by atoms with E-state index < -0.39 is 25.8 Å². The van der Waals surface area contributed by atoms with Gasteiger partial charge in [0.05, 0.1) is 0 Å². The average molecular weight is 510 g/mol. The molecule has 0 saturated carbocycles. The molecule has 1 heterocycles. The summed E-state index contributed by atoms with van der Waals surface area (Å²) in [7, 11) is -2.41. The highest BCUT2D eigenvalue weighted by Gasteiger charge is 2.43. The van der Waals surface area contributed by atoms with Gasteiger partial charge in [-0.15, -0.1) is 0 Å². The van der Waals surface area contributed by atoms with Gasteiger partial charge in [-0.1, -0.05) is 17.7 Å². The number of halogens is 1. The maximum Gasteiger partial charge on any atom is 0.546 e. The van der Waals surface area contributed by atoms with Gasteiger partial charge < -0.3 is 15.2 Å². The zero-order chi connectivity index (χ0) is 25.2. The van der Waals surface area contributed by atoms with E-state index in [0.717, 1.165) is 11.1 Å². The third kappa shape index (κ3) is 5.45. The van der Waals surface area contributed by atoms with Gasteiger partial charge in [-0.2, -0.15) is 10.2 Å². The number of fused-ring (bicyclic) bond motifs is 1. The Balaban J connectivity index is 1.75. The number of guanidine groups is 1.